The number of nitriles is 1. The molecule has 1 saturated heterocycles. The Labute approximate surface area is 153 Å². The number of rotatable bonds is 5. The summed E-state index contributed by atoms with van der Waals surface area (Å²) in [5.74, 6) is 2.92. The van der Waals surface area contributed by atoms with Crippen molar-refractivity contribution >= 4 is 11.6 Å². The number of aryl methyl sites for hydroxylation is 2. The zero-order chi connectivity index (χ0) is 17.5. The lowest BCUT2D eigenvalue weighted by Crippen LogP contribution is -2.50. The van der Waals surface area contributed by atoms with Gasteiger partial charge in [-0.1, -0.05) is 0 Å². The normalized spacial score (nSPS) is 19.0. The summed E-state index contributed by atoms with van der Waals surface area (Å²) in [6, 6.07) is 8.52. The van der Waals surface area contributed by atoms with Crippen LogP contribution in [0.2, 0.25) is 0 Å². The van der Waals surface area contributed by atoms with Crippen LogP contribution in [0.15, 0.2) is 18.2 Å². The monoisotopic (exact) mass is 346 g/mol. The second-order valence-electron chi connectivity index (χ2n) is 7.70. The van der Waals surface area contributed by atoms with E-state index in [0.29, 0.717) is 17.4 Å². The molecule has 0 atom stereocenters. The minimum Gasteiger partial charge on any atom is -0.369 e. The summed E-state index contributed by atoms with van der Waals surface area (Å²) in [5.41, 5.74) is 4.21. The largest absolute Gasteiger partial charge is 0.369 e. The molecular formula is C20H22N6. The molecule has 26 heavy (non-hydrogen) atoms. The molecule has 5 rings (SSSR count). The molecular weight excluding hydrogens is 324 g/mol. The first kappa shape index (κ1) is 15.6. The van der Waals surface area contributed by atoms with Gasteiger partial charge in [0.1, 0.15) is 11.9 Å². The lowest BCUT2D eigenvalue weighted by atomic mass is 10.00. The highest BCUT2D eigenvalue weighted by Gasteiger charge is 2.30. The Hall–Kier alpha value is -2.68. The van der Waals surface area contributed by atoms with E-state index >= 15 is 0 Å². The molecule has 1 N–H and O–H groups in total. The molecule has 0 radical (unpaired) electrons. The van der Waals surface area contributed by atoms with Crippen molar-refractivity contribution in [3.05, 3.63) is 40.7 Å². The van der Waals surface area contributed by atoms with Gasteiger partial charge in [0.05, 0.1) is 11.3 Å². The molecule has 2 fully saturated rings. The fourth-order valence-electron chi connectivity index (χ4n) is 3.92. The van der Waals surface area contributed by atoms with Crippen molar-refractivity contribution in [2.75, 3.05) is 29.9 Å². The minimum absolute atomic E-state index is 0.543. The van der Waals surface area contributed by atoms with Crippen molar-refractivity contribution in [3.63, 3.8) is 0 Å². The molecule has 0 amide bonds. The van der Waals surface area contributed by atoms with Crippen molar-refractivity contribution in [2.24, 2.45) is 5.92 Å². The van der Waals surface area contributed by atoms with Gasteiger partial charge in [-0.25, -0.2) is 4.98 Å². The van der Waals surface area contributed by atoms with Gasteiger partial charge in [0.2, 0.25) is 0 Å². The van der Waals surface area contributed by atoms with E-state index in [1.165, 1.54) is 18.4 Å². The third kappa shape index (κ3) is 2.88. The highest BCUT2D eigenvalue weighted by Crippen LogP contribution is 2.39. The average molecular weight is 346 g/mol. The summed E-state index contributed by atoms with van der Waals surface area (Å²) in [6.07, 6.45) is 5.74. The zero-order valence-corrected chi connectivity index (χ0v) is 14.8. The highest BCUT2D eigenvalue weighted by atomic mass is 15.3. The third-order valence-electron chi connectivity index (χ3n) is 5.68. The van der Waals surface area contributed by atoms with E-state index in [1.54, 1.807) is 0 Å². The van der Waals surface area contributed by atoms with E-state index in [1.807, 2.05) is 6.07 Å². The number of pyridine rings is 1. The summed E-state index contributed by atoms with van der Waals surface area (Å²) in [5, 5.41) is 21.5. The average Bonchev–Trinajstić information content (AvgIpc) is 3.38. The Kier molecular flexibility index (Phi) is 3.74. The molecule has 0 aromatic carbocycles. The number of hydrogen-bond donors (Lipinski definition) is 1. The van der Waals surface area contributed by atoms with Crippen LogP contribution >= 0.6 is 0 Å². The molecule has 3 aliphatic rings. The van der Waals surface area contributed by atoms with Crippen molar-refractivity contribution in [3.8, 4) is 6.07 Å². The molecule has 0 spiro atoms. The van der Waals surface area contributed by atoms with E-state index in [0.717, 1.165) is 61.9 Å². The van der Waals surface area contributed by atoms with Gasteiger partial charge in [-0.15, -0.1) is 5.10 Å². The molecule has 6 heteroatoms. The molecule has 0 bridgehead atoms. The van der Waals surface area contributed by atoms with Crippen molar-refractivity contribution in [2.45, 2.75) is 38.0 Å². The number of fused-ring (bicyclic) bond motifs is 1. The summed E-state index contributed by atoms with van der Waals surface area (Å²) in [6.45, 7) is 2.78. The SMILES string of the molecule is N#Cc1cc2c(nc1NCC1CN(c3ccc(C4CC4)nn3)C1)CCC2. The number of nitrogens with zero attached hydrogens (tertiary/aromatic N) is 5. The predicted octanol–water partition coefficient (Wildman–Crippen LogP) is 2.66. The molecule has 1 saturated carbocycles. The van der Waals surface area contributed by atoms with E-state index in [9.17, 15) is 5.26 Å². The fourth-order valence-corrected chi connectivity index (χ4v) is 3.92. The molecule has 2 aliphatic carbocycles. The van der Waals surface area contributed by atoms with E-state index in [-0.39, 0.29) is 0 Å². The Bertz CT molecular complexity index is 859. The summed E-state index contributed by atoms with van der Waals surface area (Å²) >= 11 is 0. The molecule has 6 nitrogen and oxygen atoms in total. The van der Waals surface area contributed by atoms with Crippen LogP contribution < -0.4 is 10.2 Å². The maximum atomic E-state index is 9.39. The number of nitrogens with one attached hydrogen (secondary N) is 1. The van der Waals surface area contributed by atoms with Crippen LogP contribution in [-0.4, -0.2) is 34.8 Å². The third-order valence-corrected chi connectivity index (χ3v) is 5.68. The van der Waals surface area contributed by atoms with Gasteiger partial charge in [0, 0.05) is 37.2 Å². The minimum atomic E-state index is 0.543. The van der Waals surface area contributed by atoms with Gasteiger partial charge in [-0.3, -0.25) is 0 Å². The van der Waals surface area contributed by atoms with Crippen molar-refractivity contribution in [1.82, 2.24) is 15.2 Å². The van der Waals surface area contributed by atoms with Crippen LogP contribution in [0.5, 0.6) is 0 Å². The van der Waals surface area contributed by atoms with Crippen molar-refractivity contribution in [1.29, 1.82) is 5.26 Å². The molecule has 2 aromatic rings. The van der Waals surface area contributed by atoms with Gasteiger partial charge in [0.25, 0.3) is 0 Å². The zero-order valence-electron chi connectivity index (χ0n) is 14.8. The van der Waals surface area contributed by atoms with Crippen LogP contribution in [0.25, 0.3) is 0 Å². The first-order valence-electron chi connectivity index (χ1n) is 9.55. The number of hydrogen-bond acceptors (Lipinski definition) is 6. The Morgan fingerprint density at radius 2 is 2.08 bits per heavy atom. The maximum absolute atomic E-state index is 9.39. The lowest BCUT2D eigenvalue weighted by molar-refractivity contribution is 0.425. The fraction of sp³-hybridized carbons (Fsp3) is 0.500. The predicted molar refractivity (Wildman–Crippen MR) is 99.2 cm³/mol. The topological polar surface area (TPSA) is 77.7 Å². The van der Waals surface area contributed by atoms with Crippen LogP contribution in [0.3, 0.4) is 0 Å². The molecule has 0 unspecified atom stereocenters. The molecule has 3 heterocycles. The highest BCUT2D eigenvalue weighted by molar-refractivity contribution is 5.55. The smallest absolute Gasteiger partial charge is 0.151 e. The first-order chi connectivity index (χ1) is 12.8. The Morgan fingerprint density at radius 3 is 2.81 bits per heavy atom. The first-order valence-corrected chi connectivity index (χ1v) is 9.55. The lowest BCUT2D eigenvalue weighted by Gasteiger charge is -2.40. The van der Waals surface area contributed by atoms with Gasteiger partial charge in [-0.05, 0) is 55.9 Å². The maximum Gasteiger partial charge on any atom is 0.151 e. The Morgan fingerprint density at radius 1 is 1.19 bits per heavy atom. The summed E-state index contributed by atoms with van der Waals surface area (Å²) in [4.78, 5) is 6.96. The van der Waals surface area contributed by atoms with Crippen LogP contribution in [0.4, 0.5) is 11.6 Å². The second-order valence-corrected chi connectivity index (χ2v) is 7.70. The van der Waals surface area contributed by atoms with Crippen molar-refractivity contribution < 1.29 is 0 Å². The van der Waals surface area contributed by atoms with Gasteiger partial charge >= 0.3 is 0 Å². The van der Waals surface area contributed by atoms with Crippen LogP contribution in [0.1, 0.15) is 47.7 Å². The molecule has 2 aromatic heterocycles. The van der Waals surface area contributed by atoms with Crippen LogP contribution in [-0.2, 0) is 12.8 Å². The quantitative estimate of drug-likeness (QED) is 0.897. The van der Waals surface area contributed by atoms with Gasteiger partial charge in [0.15, 0.2) is 5.82 Å². The number of anilines is 2. The van der Waals surface area contributed by atoms with Crippen LogP contribution in [0, 0.1) is 17.2 Å². The van der Waals surface area contributed by atoms with E-state index < -0.39 is 0 Å². The van der Waals surface area contributed by atoms with E-state index in [2.05, 4.69) is 38.6 Å². The standard InChI is InChI=1S/C20H22N6/c21-9-16-8-15-2-1-3-17(15)23-20(16)22-10-13-11-26(12-13)19-7-6-18(24-25-19)14-4-5-14/h6-8,13-14H,1-5,10-12H2,(H,22,23). The molecule has 1 aliphatic heterocycles. The Balaban J connectivity index is 1.17. The van der Waals surface area contributed by atoms with Gasteiger partial charge < -0.3 is 10.2 Å². The summed E-state index contributed by atoms with van der Waals surface area (Å²) < 4.78 is 0. The number of aromatic nitrogens is 3. The summed E-state index contributed by atoms with van der Waals surface area (Å²) in [7, 11) is 0. The molecule has 132 valence electrons. The van der Waals surface area contributed by atoms with Gasteiger partial charge in [-0.2, -0.15) is 10.4 Å². The van der Waals surface area contributed by atoms with E-state index in [4.69, 9.17) is 4.98 Å². The second kappa shape index (κ2) is 6.24.